The number of rotatable bonds is 9. The SMILES string of the molecule is CCCC1=NN2C(=N)C(=Cc3cc(Cl)c(OCCOc4ccccc4)c(OC)c3)C(=O)N=C2S1. The molecule has 34 heavy (non-hydrogen) atoms. The van der Waals surface area contributed by atoms with Crippen molar-refractivity contribution in [1.29, 1.82) is 5.41 Å². The second-order valence-corrected chi connectivity index (χ2v) is 8.76. The van der Waals surface area contributed by atoms with Crippen LogP contribution in [-0.4, -0.2) is 47.3 Å². The molecule has 0 spiro atoms. The summed E-state index contributed by atoms with van der Waals surface area (Å²) in [6, 6.07) is 12.8. The summed E-state index contributed by atoms with van der Waals surface area (Å²) < 4.78 is 16.9. The standard InChI is InChI=1S/C24H23ClN4O4S/c1-3-7-20-28-29-22(26)17(23(30)27-24(29)34-20)12-15-13-18(25)21(19(14-15)31-2)33-11-10-32-16-8-5-4-6-9-16/h4-6,8-9,12-14,26H,3,7,10-11H2,1-2H3. The highest BCUT2D eigenvalue weighted by atomic mass is 35.5. The number of aliphatic imine (C=N–C) groups is 1. The van der Waals surface area contributed by atoms with Crippen molar-refractivity contribution in [3.05, 3.63) is 58.6 Å². The van der Waals surface area contributed by atoms with Crippen molar-refractivity contribution in [3.63, 3.8) is 0 Å². The van der Waals surface area contributed by atoms with E-state index in [0.29, 0.717) is 33.9 Å². The molecule has 0 saturated carbocycles. The third kappa shape index (κ3) is 5.26. The fourth-order valence-electron chi connectivity index (χ4n) is 3.30. The highest BCUT2D eigenvalue weighted by Gasteiger charge is 2.35. The van der Waals surface area contributed by atoms with Gasteiger partial charge in [0.25, 0.3) is 5.91 Å². The van der Waals surface area contributed by atoms with E-state index in [0.717, 1.165) is 23.6 Å². The Balaban J connectivity index is 1.50. The van der Waals surface area contributed by atoms with E-state index in [2.05, 4.69) is 10.1 Å². The van der Waals surface area contributed by atoms with E-state index in [-0.39, 0.29) is 18.0 Å². The molecule has 2 aliphatic heterocycles. The number of para-hydroxylation sites is 1. The smallest absolute Gasteiger partial charge is 0.283 e. The minimum atomic E-state index is -0.495. The van der Waals surface area contributed by atoms with E-state index in [1.807, 2.05) is 37.3 Å². The summed E-state index contributed by atoms with van der Waals surface area (Å²) >= 11 is 7.79. The molecule has 0 bridgehead atoms. The minimum absolute atomic E-state index is 0.0259. The molecule has 4 rings (SSSR count). The normalized spacial score (nSPS) is 16.3. The quantitative estimate of drug-likeness (QED) is 0.376. The maximum absolute atomic E-state index is 12.6. The number of methoxy groups -OCH3 is 1. The van der Waals surface area contributed by atoms with Crippen LogP contribution in [0.5, 0.6) is 17.2 Å². The molecule has 2 aromatic rings. The largest absolute Gasteiger partial charge is 0.493 e. The van der Waals surface area contributed by atoms with Gasteiger partial charge in [-0.2, -0.15) is 15.1 Å². The molecule has 0 fully saturated rings. The molecule has 8 nitrogen and oxygen atoms in total. The van der Waals surface area contributed by atoms with Gasteiger partial charge in [0.2, 0.25) is 5.17 Å². The van der Waals surface area contributed by atoms with Gasteiger partial charge in [0.05, 0.1) is 17.7 Å². The fourth-order valence-corrected chi connectivity index (χ4v) is 4.56. The van der Waals surface area contributed by atoms with Crippen LogP contribution in [0.4, 0.5) is 0 Å². The molecule has 1 amide bonds. The van der Waals surface area contributed by atoms with E-state index in [1.54, 1.807) is 18.2 Å². The number of hydrazone groups is 1. The van der Waals surface area contributed by atoms with E-state index in [9.17, 15) is 4.79 Å². The Bertz CT molecular complexity index is 1200. The lowest BCUT2D eigenvalue weighted by Crippen LogP contribution is -2.35. The number of hydrogen-bond donors (Lipinski definition) is 1. The van der Waals surface area contributed by atoms with Crippen molar-refractivity contribution in [2.75, 3.05) is 20.3 Å². The number of amides is 1. The molecule has 2 aromatic carbocycles. The van der Waals surface area contributed by atoms with Crippen molar-refractivity contribution in [2.45, 2.75) is 19.8 Å². The van der Waals surface area contributed by atoms with Crippen molar-refractivity contribution < 1.29 is 19.0 Å². The van der Waals surface area contributed by atoms with E-state index < -0.39 is 5.91 Å². The van der Waals surface area contributed by atoms with Gasteiger partial charge in [-0.15, -0.1) is 0 Å². The third-order valence-electron chi connectivity index (χ3n) is 4.86. The Kier molecular flexibility index (Phi) is 7.54. The molecule has 0 atom stereocenters. The maximum Gasteiger partial charge on any atom is 0.283 e. The summed E-state index contributed by atoms with van der Waals surface area (Å²) in [6.45, 7) is 2.64. The number of ether oxygens (including phenoxy) is 3. The molecular weight excluding hydrogens is 476 g/mol. The number of hydrogen-bond acceptors (Lipinski definition) is 7. The summed E-state index contributed by atoms with van der Waals surface area (Å²) in [5, 5.41) is 15.9. The summed E-state index contributed by atoms with van der Waals surface area (Å²) in [5.74, 6) is 1.00. The van der Waals surface area contributed by atoms with Crippen LogP contribution in [-0.2, 0) is 4.79 Å². The second-order valence-electron chi connectivity index (χ2n) is 7.31. The van der Waals surface area contributed by atoms with Crippen molar-refractivity contribution >= 4 is 51.4 Å². The van der Waals surface area contributed by atoms with Crippen LogP contribution in [0.15, 0.2) is 58.1 Å². The van der Waals surface area contributed by atoms with Crippen LogP contribution in [0.3, 0.4) is 0 Å². The monoisotopic (exact) mass is 498 g/mol. The molecule has 2 heterocycles. The lowest BCUT2D eigenvalue weighted by Gasteiger charge is -2.20. The molecule has 0 radical (unpaired) electrons. The Morgan fingerprint density at radius 2 is 1.94 bits per heavy atom. The Labute approximate surface area is 206 Å². The summed E-state index contributed by atoms with van der Waals surface area (Å²) in [7, 11) is 1.51. The number of amidine groups is 2. The van der Waals surface area contributed by atoms with E-state index in [1.165, 1.54) is 23.9 Å². The summed E-state index contributed by atoms with van der Waals surface area (Å²) in [5.41, 5.74) is 0.694. The molecule has 0 aliphatic carbocycles. The first kappa shape index (κ1) is 23.8. The van der Waals surface area contributed by atoms with Crippen molar-refractivity contribution in [3.8, 4) is 17.2 Å². The number of benzene rings is 2. The van der Waals surface area contributed by atoms with Crippen LogP contribution < -0.4 is 14.2 Å². The summed E-state index contributed by atoms with van der Waals surface area (Å²) in [4.78, 5) is 16.7. The summed E-state index contributed by atoms with van der Waals surface area (Å²) in [6.07, 6.45) is 3.24. The topological polar surface area (TPSA) is 96.6 Å². The molecule has 0 unspecified atom stereocenters. The predicted octanol–water partition coefficient (Wildman–Crippen LogP) is 5.23. The zero-order valence-corrected chi connectivity index (χ0v) is 20.3. The number of thioether (sulfide) groups is 1. The zero-order valence-electron chi connectivity index (χ0n) is 18.7. The Morgan fingerprint density at radius 1 is 1.18 bits per heavy atom. The molecule has 1 N–H and O–H groups in total. The lowest BCUT2D eigenvalue weighted by atomic mass is 10.1. The first-order valence-corrected chi connectivity index (χ1v) is 11.9. The van der Waals surface area contributed by atoms with Gasteiger partial charge in [0.15, 0.2) is 17.3 Å². The van der Waals surface area contributed by atoms with Gasteiger partial charge in [-0.1, -0.05) is 36.7 Å². The van der Waals surface area contributed by atoms with Crippen molar-refractivity contribution in [1.82, 2.24) is 5.01 Å². The number of halogens is 1. The van der Waals surface area contributed by atoms with Gasteiger partial charge < -0.3 is 14.2 Å². The maximum atomic E-state index is 12.6. The number of nitrogens with one attached hydrogen (secondary N) is 1. The number of fused-ring (bicyclic) bond motifs is 1. The van der Waals surface area contributed by atoms with Gasteiger partial charge in [-0.25, -0.2) is 0 Å². The van der Waals surface area contributed by atoms with Gasteiger partial charge >= 0.3 is 0 Å². The average molecular weight is 499 g/mol. The zero-order chi connectivity index (χ0) is 24.1. The van der Waals surface area contributed by atoms with Crippen LogP contribution in [0.1, 0.15) is 25.3 Å². The average Bonchev–Trinajstić information content (AvgIpc) is 3.23. The number of nitrogens with zero attached hydrogens (tertiary/aromatic N) is 3. The minimum Gasteiger partial charge on any atom is -0.493 e. The van der Waals surface area contributed by atoms with Gasteiger partial charge in [-0.3, -0.25) is 10.2 Å². The van der Waals surface area contributed by atoms with Gasteiger partial charge in [0, 0.05) is 0 Å². The molecule has 2 aliphatic rings. The van der Waals surface area contributed by atoms with Crippen LogP contribution >= 0.6 is 23.4 Å². The fraction of sp³-hybridized carbons (Fsp3) is 0.250. The van der Waals surface area contributed by atoms with Gasteiger partial charge in [0.1, 0.15) is 24.0 Å². The first-order chi connectivity index (χ1) is 16.5. The molecule has 176 valence electrons. The highest BCUT2D eigenvalue weighted by molar-refractivity contribution is 8.26. The van der Waals surface area contributed by atoms with Crippen molar-refractivity contribution in [2.24, 2.45) is 10.1 Å². The van der Waals surface area contributed by atoms with E-state index in [4.69, 9.17) is 31.2 Å². The molecule has 10 heteroatoms. The predicted molar refractivity (Wildman–Crippen MR) is 135 cm³/mol. The van der Waals surface area contributed by atoms with E-state index >= 15 is 0 Å². The molecule has 0 saturated heterocycles. The molecule has 0 aromatic heterocycles. The Hall–Kier alpha value is -3.30. The molecular formula is C24H23ClN4O4S. The highest BCUT2D eigenvalue weighted by Crippen LogP contribution is 2.37. The van der Waals surface area contributed by atoms with Crippen LogP contribution in [0.25, 0.3) is 6.08 Å². The number of carbonyl (C=O) groups excluding carboxylic acids is 1. The van der Waals surface area contributed by atoms with Gasteiger partial charge in [-0.05, 0) is 60.5 Å². The third-order valence-corrected chi connectivity index (χ3v) is 6.11. The first-order valence-electron chi connectivity index (χ1n) is 10.7. The second kappa shape index (κ2) is 10.8. The lowest BCUT2D eigenvalue weighted by molar-refractivity contribution is -0.114. The van der Waals surface area contributed by atoms with Crippen LogP contribution in [0, 0.1) is 5.41 Å². The Morgan fingerprint density at radius 3 is 2.68 bits per heavy atom. The number of carbonyl (C=O) groups is 1. The van der Waals surface area contributed by atoms with Crippen LogP contribution in [0.2, 0.25) is 5.02 Å².